The molecule has 0 amide bonds. The van der Waals surface area contributed by atoms with Gasteiger partial charge >= 0.3 is 19.8 Å². The Kier molecular flexibility index (Phi) is 30.0. The number of hydrogen-bond acceptors (Lipinski definition) is 8. The highest BCUT2D eigenvalue weighted by Crippen LogP contribution is 2.36. The predicted octanol–water partition coefficient (Wildman–Crippen LogP) is 8.42. The van der Waals surface area contributed by atoms with Gasteiger partial charge in [-0.15, -0.1) is 0 Å². The topological polar surface area (TPSA) is 160 Å². The standard InChI is InChI=1S/C37H67O10P/c1-4-5-6-7-8-9-10-11-12-16-19-22-26-34(38)35(39)27-24-29-37(41)47-33(31-46-48(42,43)44)30-45-36(40)28-23-20-17-14-13-15-18-21-25-32(2)3/h8-9,11-12,19,22,32-35,38-39H,4-7,10,13-18,20-21,23-31H2,1-3H3,(H2,42,43,44)/b9-8-,12-11-,22-19-/t33-,34?,35?/m1/s1. The maximum Gasteiger partial charge on any atom is 0.469 e. The van der Waals surface area contributed by atoms with Gasteiger partial charge in [-0.05, 0) is 57.3 Å². The molecule has 0 bridgehead atoms. The van der Waals surface area contributed by atoms with Crippen molar-refractivity contribution in [2.24, 2.45) is 5.92 Å². The summed E-state index contributed by atoms with van der Waals surface area (Å²) < 4.78 is 26.1. The molecule has 0 saturated heterocycles. The van der Waals surface area contributed by atoms with E-state index in [0.717, 1.165) is 44.4 Å². The molecule has 2 unspecified atom stereocenters. The van der Waals surface area contributed by atoms with Crippen molar-refractivity contribution in [3.05, 3.63) is 36.5 Å². The summed E-state index contributed by atoms with van der Waals surface area (Å²) in [6.07, 6.45) is 26.3. The van der Waals surface area contributed by atoms with Crippen molar-refractivity contribution in [1.82, 2.24) is 0 Å². The molecule has 11 heteroatoms. The van der Waals surface area contributed by atoms with Crippen molar-refractivity contribution in [3.8, 4) is 0 Å². The van der Waals surface area contributed by atoms with Gasteiger partial charge in [0.25, 0.3) is 0 Å². The van der Waals surface area contributed by atoms with E-state index in [1.165, 1.54) is 51.4 Å². The second-order valence-corrected chi connectivity index (χ2v) is 14.2. The monoisotopic (exact) mass is 702 g/mol. The van der Waals surface area contributed by atoms with E-state index in [1.807, 2.05) is 12.2 Å². The van der Waals surface area contributed by atoms with E-state index in [1.54, 1.807) is 0 Å². The molecule has 0 heterocycles. The molecular formula is C37H67O10P. The highest BCUT2D eigenvalue weighted by molar-refractivity contribution is 7.46. The minimum Gasteiger partial charge on any atom is -0.462 e. The van der Waals surface area contributed by atoms with Crippen LogP contribution >= 0.6 is 7.82 Å². The molecule has 0 aliphatic rings. The third-order valence-electron chi connectivity index (χ3n) is 7.79. The Labute approximate surface area is 290 Å². The molecule has 0 fully saturated rings. The van der Waals surface area contributed by atoms with Gasteiger partial charge in [-0.25, -0.2) is 4.57 Å². The van der Waals surface area contributed by atoms with E-state index >= 15 is 0 Å². The summed E-state index contributed by atoms with van der Waals surface area (Å²) in [7, 11) is -4.83. The SMILES string of the molecule is CCCCC/C=C\C/C=C\C/C=C\CC(O)C(O)CCCC(=O)O[C@H](COC(=O)CCCCCCCCCCC(C)C)COP(=O)(O)O. The molecule has 0 aliphatic carbocycles. The van der Waals surface area contributed by atoms with Gasteiger partial charge in [0.2, 0.25) is 0 Å². The van der Waals surface area contributed by atoms with Gasteiger partial charge in [0.1, 0.15) is 6.61 Å². The summed E-state index contributed by atoms with van der Waals surface area (Å²) in [5.41, 5.74) is 0. The third-order valence-corrected chi connectivity index (χ3v) is 8.28. The maximum absolute atomic E-state index is 12.4. The molecule has 0 aromatic rings. The molecule has 0 rings (SSSR count). The van der Waals surface area contributed by atoms with E-state index in [-0.39, 0.29) is 38.7 Å². The molecular weight excluding hydrogens is 635 g/mol. The summed E-state index contributed by atoms with van der Waals surface area (Å²) in [5.74, 6) is -0.419. The molecule has 3 atom stereocenters. The lowest BCUT2D eigenvalue weighted by Gasteiger charge is -2.19. The Morgan fingerprint density at radius 3 is 1.88 bits per heavy atom. The molecule has 0 aromatic heterocycles. The lowest BCUT2D eigenvalue weighted by Crippen LogP contribution is -2.30. The number of allylic oxidation sites excluding steroid dienone is 5. The molecule has 10 nitrogen and oxygen atoms in total. The van der Waals surface area contributed by atoms with Crippen LogP contribution < -0.4 is 0 Å². The zero-order valence-corrected chi connectivity index (χ0v) is 30.9. The first kappa shape index (κ1) is 46.2. The van der Waals surface area contributed by atoms with E-state index in [0.29, 0.717) is 6.42 Å². The van der Waals surface area contributed by atoms with Gasteiger partial charge in [-0.1, -0.05) is 121 Å². The Morgan fingerprint density at radius 1 is 0.667 bits per heavy atom. The largest absolute Gasteiger partial charge is 0.469 e. The van der Waals surface area contributed by atoms with E-state index in [4.69, 9.17) is 19.3 Å². The van der Waals surface area contributed by atoms with Crippen LogP contribution in [0.5, 0.6) is 0 Å². The molecule has 280 valence electrons. The van der Waals surface area contributed by atoms with Crippen LogP contribution in [0.15, 0.2) is 36.5 Å². The Morgan fingerprint density at radius 2 is 1.25 bits per heavy atom. The first-order chi connectivity index (χ1) is 22.9. The number of esters is 2. The van der Waals surface area contributed by atoms with E-state index in [9.17, 15) is 24.4 Å². The predicted molar refractivity (Wildman–Crippen MR) is 191 cm³/mol. The summed E-state index contributed by atoms with van der Waals surface area (Å²) in [5, 5.41) is 20.5. The van der Waals surface area contributed by atoms with Crippen molar-refractivity contribution in [3.63, 3.8) is 0 Å². The smallest absolute Gasteiger partial charge is 0.462 e. The number of rotatable bonds is 32. The van der Waals surface area contributed by atoms with Crippen molar-refractivity contribution >= 4 is 19.8 Å². The number of carbonyl (C=O) groups is 2. The highest BCUT2D eigenvalue weighted by atomic mass is 31.2. The number of unbranched alkanes of at least 4 members (excludes halogenated alkanes) is 10. The van der Waals surface area contributed by atoms with Gasteiger partial charge in [-0.2, -0.15) is 0 Å². The normalized spacial score (nSPS) is 14.3. The molecule has 0 aliphatic heterocycles. The van der Waals surface area contributed by atoms with E-state index in [2.05, 4.69) is 49.6 Å². The van der Waals surface area contributed by atoms with E-state index < -0.39 is 44.7 Å². The number of phosphoric ester groups is 1. The molecule has 0 saturated carbocycles. The zero-order chi connectivity index (χ0) is 35.9. The van der Waals surface area contributed by atoms with Crippen LogP contribution in [0.1, 0.15) is 149 Å². The molecule has 0 spiro atoms. The van der Waals surface area contributed by atoms with Gasteiger partial charge < -0.3 is 29.5 Å². The average Bonchev–Trinajstić information content (AvgIpc) is 3.02. The van der Waals surface area contributed by atoms with Crippen molar-refractivity contribution < 1.29 is 48.2 Å². The number of ether oxygens (including phenoxy) is 2. The maximum atomic E-state index is 12.4. The highest BCUT2D eigenvalue weighted by Gasteiger charge is 2.23. The Balaban J connectivity index is 4.28. The minimum atomic E-state index is -4.83. The lowest BCUT2D eigenvalue weighted by molar-refractivity contribution is -0.161. The van der Waals surface area contributed by atoms with Crippen LogP contribution in [-0.2, 0) is 28.2 Å². The number of aliphatic hydroxyl groups is 2. The van der Waals surface area contributed by atoms with Gasteiger partial charge in [-0.3, -0.25) is 14.1 Å². The number of hydrogen-bond donors (Lipinski definition) is 4. The third kappa shape index (κ3) is 32.7. The summed E-state index contributed by atoms with van der Waals surface area (Å²) in [6, 6.07) is 0. The summed E-state index contributed by atoms with van der Waals surface area (Å²) >= 11 is 0. The average molecular weight is 703 g/mol. The van der Waals surface area contributed by atoms with Gasteiger partial charge in [0, 0.05) is 12.8 Å². The van der Waals surface area contributed by atoms with Crippen LogP contribution in [0.3, 0.4) is 0 Å². The minimum absolute atomic E-state index is 0.102. The summed E-state index contributed by atoms with van der Waals surface area (Å²) in [4.78, 5) is 42.7. The molecule has 48 heavy (non-hydrogen) atoms. The second kappa shape index (κ2) is 31.2. The molecule has 0 aromatic carbocycles. The fourth-order valence-corrected chi connectivity index (χ4v) is 5.26. The number of aliphatic hydroxyl groups excluding tert-OH is 2. The number of phosphoric acid groups is 1. The fraction of sp³-hybridized carbons (Fsp3) is 0.784. The fourth-order valence-electron chi connectivity index (χ4n) is 4.89. The zero-order valence-electron chi connectivity index (χ0n) is 30.0. The van der Waals surface area contributed by atoms with Crippen molar-refractivity contribution in [2.75, 3.05) is 13.2 Å². The van der Waals surface area contributed by atoms with Crippen LogP contribution in [0.4, 0.5) is 0 Å². The number of carbonyl (C=O) groups excluding carboxylic acids is 2. The van der Waals surface area contributed by atoms with Crippen LogP contribution in [0.25, 0.3) is 0 Å². The Hall–Kier alpha value is -1.81. The van der Waals surface area contributed by atoms with Crippen LogP contribution in [0, 0.1) is 5.92 Å². The van der Waals surface area contributed by atoms with Gasteiger partial charge in [0.15, 0.2) is 6.10 Å². The van der Waals surface area contributed by atoms with Crippen LogP contribution in [-0.4, -0.2) is 63.5 Å². The molecule has 4 N–H and O–H groups in total. The first-order valence-electron chi connectivity index (χ1n) is 18.3. The first-order valence-corrected chi connectivity index (χ1v) is 19.8. The lowest BCUT2D eigenvalue weighted by atomic mass is 10.0. The molecule has 0 radical (unpaired) electrons. The van der Waals surface area contributed by atoms with Crippen LogP contribution in [0.2, 0.25) is 0 Å². The Bertz CT molecular complexity index is 927. The van der Waals surface area contributed by atoms with Gasteiger partial charge in [0.05, 0.1) is 18.8 Å². The van der Waals surface area contributed by atoms with Crippen molar-refractivity contribution in [2.45, 2.75) is 167 Å². The van der Waals surface area contributed by atoms with Crippen molar-refractivity contribution in [1.29, 1.82) is 0 Å². The second-order valence-electron chi connectivity index (χ2n) is 13.0. The quantitative estimate of drug-likeness (QED) is 0.0232. The summed E-state index contributed by atoms with van der Waals surface area (Å²) in [6.45, 7) is 5.65.